The van der Waals surface area contributed by atoms with E-state index in [0.29, 0.717) is 0 Å². The first-order valence-electron chi connectivity index (χ1n) is 8.92. The average Bonchev–Trinajstić information content (AvgIpc) is 3.29. The van der Waals surface area contributed by atoms with Gasteiger partial charge in [0.15, 0.2) is 11.6 Å². The third kappa shape index (κ3) is 2.78. The molecule has 6 N–H and O–H groups in total. The lowest BCUT2D eigenvalue weighted by Gasteiger charge is -2.37. The molecule has 0 aromatic heterocycles. The second-order valence-electron chi connectivity index (χ2n) is 7.18. The van der Waals surface area contributed by atoms with Crippen LogP contribution in [0.15, 0.2) is 0 Å². The fourth-order valence-corrected chi connectivity index (χ4v) is 4.31. The molecule has 8 atom stereocenters. The molecular weight excluding hydrogens is 371 g/mol. The maximum Gasteiger partial charge on any atom is 0.536 e. The Kier molecular flexibility index (Phi) is 5.03. The molecule has 4 aliphatic heterocycles. The van der Waals surface area contributed by atoms with Crippen LogP contribution in [-0.4, -0.2) is 112 Å². The summed E-state index contributed by atoms with van der Waals surface area (Å²) in [5.74, 6) is -3.58. The second-order valence-corrected chi connectivity index (χ2v) is 7.18. The molecule has 0 aromatic carbocycles. The number of fused-ring (bicyclic) bond motifs is 2. The van der Waals surface area contributed by atoms with Crippen LogP contribution in [0, 0.1) is 0 Å². The highest BCUT2D eigenvalue weighted by molar-refractivity contribution is 6.55. The van der Waals surface area contributed by atoms with Crippen LogP contribution in [0.3, 0.4) is 0 Å². The quantitative estimate of drug-likeness (QED) is 0.240. The van der Waals surface area contributed by atoms with Gasteiger partial charge in [-0.2, -0.15) is 0 Å². The zero-order valence-electron chi connectivity index (χ0n) is 14.4. The zero-order chi connectivity index (χ0) is 19.4. The lowest BCUT2D eigenvalue weighted by Crippen LogP contribution is -2.49. The van der Waals surface area contributed by atoms with Crippen molar-refractivity contribution in [3.8, 4) is 0 Å². The van der Waals surface area contributed by atoms with Gasteiger partial charge in [0.1, 0.15) is 24.4 Å². The Morgan fingerprint density at radius 1 is 0.704 bits per heavy atom. The molecule has 0 aromatic rings. The van der Waals surface area contributed by atoms with Gasteiger partial charge < -0.3 is 58.7 Å². The van der Waals surface area contributed by atoms with Gasteiger partial charge in [0.2, 0.25) is 0 Å². The van der Waals surface area contributed by atoms with Crippen molar-refractivity contribution in [1.82, 2.24) is 0 Å². The number of hydrogen-bond donors (Lipinski definition) is 6. The van der Waals surface area contributed by atoms with Gasteiger partial charge >= 0.3 is 6.96 Å². The van der Waals surface area contributed by atoms with Crippen LogP contribution < -0.4 is 0 Å². The lowest BCUT2D eigenvalue weighted by molar-refractivity contribution is -0.226. The first-order valence-corrected chi connectivity index (χ1v) is 8.92. The van der Waals surface area contributed by atoms with Gasteiger partial charge in [-0.1, -0.05) is 0 Å². The fraction of sp³-hybridized carbons (Fsp3) is 1.00. The number of aliphatic hydroxyl groups excluding tert-OH is 6. The van der Waals surface area contributed by atoms with Crippen molar-refractivity contribution < 1.29 is 58.7 Å². The van der Waals surface area contributed by atoms with Crippen molar-refractivity contribution >= 4 is 6.96 Å². The normalized spacial score (nSPS) is 54.0. The van der Waals surface area contributed by atoms with E-state index in [1.54, 1.807) is 0 Å². The van der Waals surface area contributed by atoms with Gasteiger partial charge in [-0.15, -0.1) is 0 Å². The van der Waals surface area contributed by atoms with Crippen molar-refractivity contribution in [3.63, 3.8) is 0 Å². The molecule has 0 saturated carbocycles. The van der Waals surface area contributed by atoms with Gasteiger partial charge in [0.25, 0.3) is 0 Å². The monoisotopic (exact) mass is 395 g/mol. The van der Waals surface area contributed by atoms with Gasteiger partial charge in [-0.05, 0) is 12.8 Å². The largest absolute Gasteiger partial charge is 0.536 e. The minimum Gasteiger partial charge on any atom is -0.510 e. The summed E-state index contributed by atoms with van der Waals surface area (Å²) in [6.45, 7) is -4.96. The highest BCUT2D eigenvalue weighted by Gasteiger charge is 2.72. The van der Waals surface area contributed by atoms with Crippen LogP contribution in [0.4, 0.5) is 0 Å². The smallest absolute Gasteiger partial charge is 0.510 e. The SMILES string of the molecule is OCCC1OC2(CO)O[B-]3(OC2C1O)OC1C(O)C(CCO)OC1(CO)O3. The zero-order valence-corrected chi connectivity index (χ0v) is 14.4. The van der Waals surface area contributed by atoms with Crippen molar-refractivity contribution in [2.45, 2.75) is 61.0 Å². The van der Waals surface area contributed by atoms with Crippen LogP contribution in [-0.2, 0) is 28.1 Å². The molecule has 0 amide bonds. The Morgan fingerprint density at radius 2 is 1.11 bits per heavy atom. The van der Waals surface area contributed by atoms with Crippen molar-refractivity contribution in [2.24, 2.45) is 0 Å². The van der Waals surface area contributed by atoms with Gasteiger partial charge in [0.05, 0.1) is 25.4 Å². The number of rotatable bonds is 6. The van der Waals surface area contributed by atoms with E-state index in [2.05, 4.69) is 0 Å². The van der Waals surface area contributed by atoms with Gasteiger partial charge in [-0.3, -0.25) is 0 Å². The molecule has 13 heteroatoms. The Balaban J connectivity index is 1.56. The summed E-state index contributed by atoms with van der Waals surface area (Å²) in [6.07, 6.45) is -6.30. The minimum atomic E-state index is -3.08. The summed E-state index contributed by atoms with van der Waals surface area (Å²) >= 11 is 0. The number of hydrogen-bond acceptors (Lipinski definition) is 12. The summed E-state index contributed by atoms with van der Waals surface area (Å²) in [5.41, 5.74) is 0. The van der Waals surface area contributed by atoms with E-state index in [4.69, 9.17) is 38.3 Å². The molecule has 8 unspecified atom stereocenters. The Bertz CT molecular complexity index is 518. The molecule has 12 nitrogen and oxygen atoms in total. The summed E-state index contributed by atoms with van der Waals surface area (Å²) in [6, 6.07) is 0. The summed E-state index contributed by atoms with van der Waals surface area (Å²) in [7, 11) is 0. The molecule has 4 saturated heterocycles. The number of aliphatic hydroxyl groups is 6. The molecule has 4 aliphatic rings. The van der Waals surface area contributed by atoms with Crippen molar-refractivity contribution in [2.75, 3.05) is 26.4 Å². The molecule has 0 bridgehead atoms. The molecule has 156 valence electrons. The maximum absolute atomic E-state index is 10.4. The van der Waals surface area contributed by atoms with E-state index in [1.807, 2.05) is 0 Å². The van der Waals surface area contributed by atoms with Crippen LogP contribution in [0.5, 0.6) is 0 Å². The topological polar surface area (TPSA) is 177 Å². The Morgan fingerprint density at radius 3 is 1.41 bits per heavy atom. The van der Waals surface area contributed by atoms with E-state index in [0.717, 1.165) is 0 Å². The molecule has 0 radical (unpaired) electrons. The lowest BCUT2D eigenvalue weighted by atomic mass is 10.0. The summed E-state index contributed by atoms with van der Waals surface area (Å²) in [4.78, 5) is 0. The fourth-order valence-electron chi connectivity index (χ4n) is 4.31. The molecule has 0 aliphatic carbocycles. The molecule has 4 fully saturated rings. The maximum atomic E-state index is 10.4. The molecule has 1 spiro atoms. The van der Waals surface area contributed by atoms with E-state index in [1.165, 1.54) is 0 Å². The molecule has 4 heterocycles. The highest BCUT2D eigenvalue weighted by atomic mass is 17.0. The Hall–Kier alpha value is -0.415. The van der Waals surface area contributed by atoms with E-state index in [-0.39, 0.29) is 26.1 Å². The van der Waals surface area contributed by atoms with E-state index >= 15 is 0 Å². The van der Waals surface area contributed by atoms with E-state index < -0.39 is 68.4 Å². The van der Waals surface area contributed by atoms with Crippen LogP contribution >= 0.6 is 0 Å². The predicted molar refractivity (Wildman–Crippen MR) is 82.5 cm³/mol. The van der Waals surface area contributed by atoms with Crippen LogP contribution in [0.1, 0.15) is 12.8 Å². The minimum absolute atomic E-state index is 0.0989. The molecule has 27 heavy (non-hydrogen) atoms. The predicted octanol–water partition coefficient (Wildman–Crippen LogP) is -4.09. The average molecular weight is 395 g/mol. The van der Waals surface area contributed by atoms with Crippen LogP contribution in [0.2, 0.25) is 0 Å². The van der Waals surface area contributed by atoms with Crippen molar-refractivity contribution in [1.29, 1.82) is 0 Å². The first kappa shape index (κ1) is 19.9. The molecular formula is C14H24BO12-. The third-order valence-corrected chi connectivity index (χ3v) is 5.53. The highest BCUT2D eigenvalue weighted by Crippen LogP contribution is 2.52. The summed E-state index contributed by atoms with van der Waals surface area (Å²) in [5, 5.41) is 58.6. The second kappa shape index (κ2) is 6.83. The number of ether oxygens (including phenoxy) is 2. The van der Waals surface area contributed by atoms with Gasteiger partial charge in [0, 0.05) is 13.2 Å². The first-order chi connectivity index (χ1) is 12.9. The van der Waals surface area contributed by atoms with Crippen LogP contribution in [0.25, 0.3) is 0 Å². The summed E-state index contributed by atoms with van der Waals surface area (Å²) < 4.78 is 33.8. The van der Waals surface area contributed by atoms with Crippen molar-refractivity contribution in [3.05, 3.63) is 0 Å². The molecule has 4 rings (SSSR count). The third-order valence-electron chi connectivity index (χ3n) is 5.53. The standard InChI is InChI=1S/C14H24BO12/c16-3-1-7-9(20)11-13(5-18,22-7)26-15(24-11)25-12-10(21)8(2-4-17)23-14(12,6-19)27-15/h7-12,16-21H,1-6H2/q-1. The van der Waals surface area contributed by atoms with Gasteiger partial charge in [-0.25, -0.2) is 0 Å². The van der Waals surface area contributed by atoms with E-state index in [9.17, 15) is 20.4 Å². The Labute approximate surface area is 154 Å².